The van der Waals surface area contributed by atoms with Crippen molar-refractivity contribution in [2.45, 2.75) is 46.3 Å². The lowest BCUT2D eigenvalue weighted by Gasteiger charge is -2.16. The topological polar surface area (TPSA) is 101 Å². The van der Waals surface area contributed by atoms with Gasteiger partial charge in [-0.25, -0.2) is 13.9 Å². The SMILES string of the molecule is CCc1nc(Nc2cc(OC(C)C)[nH]n2)nc(NC(C)c2ccc(F)cc2F)n1. The molecule has 0 saturated carbocycles. The summed E-state index contributed by atoms with van der Waals surface area (Å²) in [6.45, 7) is 7.48. The second-order valence-electron chi connectivity index (χ2n) is 6.69. The smallest absolute Gasteiger partial charge is 0.233 e. The Kier molecular flexibility index (Phi) is 6.20. The van der Waals surface area contributed by atoms with E-state index in [1.807, 2.05) is 20.8 Å². The zero-order valence-corrected chi connectivity index (χ0v) is 16.6. The number of ether oxygens (including phenoxy) is 1. The van der Waals surface area contributed by atoms with Gasteiger partial charge in [0, 0.05) is 24.1 Å². The number of aromatic amines is 1. The van der Waals surface area contributed by atoms with Gasteiger partial charge in [-0.05, 0) is 26.8 Å². The Bertz CT molecular complexity index is 977. The number of H-pyrrole nitrogens is 1. The molecule has 0 aliphatic heterocycles. The van der Waals surface area contributed by atoms with Gasteiger partial charge in [-0.3, -0.25) is 0 Å². The summed E-state index contributed by atoms with van der Waals surface area (Å²) in [4.78, 5) is 13.0. The van der Waals surface area contributed by atoms with Crippen LogP contribution in [0, 0.1) is 11.6 Å². The van der Waals surface area contributed by atoms with Crippen LogP contribution in [0.4, 0.5) is 26.5 Å². The van der Waals surface area contributed by atoms with Crippen LogP contribution in [0.25, 0.3) is 0 Å². The van der Waals surface area contributed by atoms with Crippen LogP contribution in [-0.4, -0.2) is 31.3 Å². The average Bonchev–Trinajstić information content (AvgIpc) is 3.07. The third kappa shape index (κ3) is 5.37. The van der Waals surface area contributed by atoms with Crippen molar-refractivity contribution in [1.29, 1.82) is 0 Å². The second kappa shape index (κ2) is 8.80. The minimum atomic E-state index is -0.637. The summed E-state index contributed by atoms with van der Waals surface area (Å²) in [6, 6.07) is 4.66. The molecule has 154 valence electrons. The van der Waals surface area contributed by atoms with E-state index in [9.17, 15) is 8.78 Å². The Morgan fingerprint density at radius 1 is 1.07 bits per heavy atom. The molecule has 0 radical (unpaired) electrons. The van der Waals surface area contributed by atoms with E-state index in [0.717, 1.165) is 6.07 Å². The number of hydrogen-bond donors (Lipinski definition) is 3. The highest BCUT2D eigenvalue weighted by molar-refractivity contribution is 5.50. The molecular formula is C19H23F2N7O. The minimum absolute atomic E-state index is 0.0105. The van der Waals surface area contributed by atoms with Gasteiger partial charge in [-0.15, -0.1) is 0 Å². The van der Waals surface area contributed by atoms with E-state index >= 15 is 0 Å². The number of aryl methyl sites for hydroxylation is 1. The number of nitrogens with one attached hydrogen (secondary N) is 3. The van der Waals surface area contributed by atoms with E-state index < -0.39 is 17.7 Å². The highest BCUT2D eigenvalue weighted by Gasteiger charge is 2.15. The number of benzene rings is 1. The van der Waals surface area contributed by atoms with Crippen molar-refractivity contribution in [2.24, 2.45) is 0 Å². The van der Waals surface area contributed by atoms with Crippen LogP contribution in [0.5, 0.6) is 5.88 Å². The van der Waals surface area contributed by atoms with Crippen LogP contribution in [-0.2, 0) is 6.42 Å². The monoisotopic (exact) mass is 403 g/mol. The Hall–Kier alpha value is -3.30. The summed E-state index contributed by atoms with van der Waals surface area (Å²) >= 11 is 0. The first-order valence-electron chi connectivity index (χ1n) is 9.29. The van der Waals surface area contributed by atoms with Crippen LogP contribution in [0.3, 0.4) is 0 Å². The van der Waals surface area contributed by atoms with Crippen molar-refractivity contribution in [1.82, 2.24) is 25.1 Å². The van der Waals surface area contributed by atoms with E-state index in [-0.39, 0.29) is 18.0 Å². The number of hydrogen-bond acceptors (Lipinski definition) is 7. The first-order valence-corrected chi connectivity index (χ1v) is 9.29. The summed E-state index contributed by atoms with van der Waals surface area (Å²) in [5, 5.41) is 12.9. The van der Waals surface area contributed by atoms with Gasteiger partial charge >= 0.3 is 0 Å². The normalized spacial score (nSPS) is 12.1. The van der Waals surface area contributed by atoms with Crippen molar-refractivity contribution in [3.63, 3.8) is 0 Å². The lowest BCUT2D eigenvalue weighted by Crippen LogP contribution is -2.14. The quantitative estimate of drug-likeness (QED) is 0.520. The van der Waals surface area contributed by atoms with E-state index in [1.54, 1.807) is 13.0 Å². The van der Waals surface area contributed by atoms with Crippen molar-refractivity contribution in [3.8, 4) is 5.88 Å². The third-order valence-corrected chi connectivity index (χ3v) is 3.93. The molecule has 0 amide bonds. The van der Waals surface area contributed by atoms with Gasteiger partial charge in [-0.1, -0.05) is 13.0 Å². The van der Waals surface area contributed by atoms with Gasteiger partial charge in [0.25, 0.3) is 0 Å². The fourth-order valence-electron chi connectivity index (χ4n) is 2.62. The molecule has 10 heteroatoms. The summed E-state index contributed by atoms with van der Waals surface area (Å²) in [5.74, 6) is 0.841. The highest BCUT2D eigenvalue weighted by atomic mass is 19.1. The Morgan fingerprint density at radius 2 is 1.83 bits per heavy atom. The minimum Gasteiger partial charge on any atom is -0.475 e. The number of nitrogens with zero attached hydrogens (tertiary/aromatic N) is 4. The van der Waals surface area contributed by atoms with Crippen molar-refractivity contribution in [3.05, 3.63) is 47.3 Å². The maximum Gasteiger partial charge on any atom is 0.233 e. The van der Waals surface area contributed by atoms with Gasteiger partial charge in [-0.2, -0.15) is 20.1 Å². The van der Waals surface area contributed by atoms with Gasteiger partial charge in [0.2, 0.25) is 17.8 Å². The maximum atomic E-state index is 14.0. The molecule has 0 saturated heterocycles. The summed E-state index contributed by atoms with van der Waals surface area (Å²) in [7, 11) is 0. The summed E-state index contributed by atoms with van der Waals surface area (Å²) in [5.41, 5.74) is 0.308. The van der Waals surface area contributed by atoms with E-state index in [0.29, 0.717) is 29.5 Å². The van der Waals surface area contributed by atoms with Crippen LogP contribution in [0.2, 0.25) is 0 Å². The molecule has 0 aliphatic rings. The first-order chi connectivity index (χ1) is 13.8. The molecular weight excluding hydrogens is 380 g/mol. The number of aromatic nitrogens is 5. The molecule has 1 atom stereocenters. The van der Waals surface area contributed by atoms with Gasteiger partial charge < -0.3 is 15.4 Å². The zero-order chi connectivity index (χ0) is 21.0. The predicted molar refractivity (Wildman–Crippen MR) is 105 cm³/mol. The molecule has 2 aromatic heterocycles. The third-order valence-electron chi connectivity index (χ3n) is 3.93. The van der Waals surface area contributed by atoms with E-state index in [4.69, 9.17) is 4.74 Å². The molecule has 0 aliphatic carbocycles. The van der Waals surface area contributed by atoms with E-state index in [1.165, 1.54) is 12.1 Å². The molecule has 8 nitrogen and oxygen atoms in total. The van der Waals surface area contributed by atoms with Crippen molar-refractivity contribution < 1.29 is 13.5 Å². The highest BCUT2D eigenvalue weighted by Crippen LogP contribution is 2.22. The fraction of sp³-hybridized carbons (Fsp3) is 0.368. The van der Waals surface area contributed by atoms with Crippen LogP contribution in [0.1, 0.15) is 45.1 Å². The van der Waals surface area contributed by atoms with Gasteiger partial charge in [0.1, 0.15) is 17.5 Å². The molecule has 3 aromatic rings. The van der Waals surface area contributed by atoms with Crippen LogP contribution >= 0.6 is 0 Å². The Balaban J connectivity index is 1.78. The summed E-state index contributed by atoms with van der Waals surface area (Å²) < 4.78 is 32.7. The number of rotatable bonds is 8. The lowest BCUT2D eigenvalue weighted by molar-refractivity contribution is 0.232. The lowest BCUT2D eigenvalue weighted by atomic mass is 10.1. The van der Waals surface area contributed by atoms with E-state index in [2.05, 4.69) is 35.8 Å². The zero-order valence-electron chi connectivity index (χ0n) is 16.6. The fourth-order valence-corrected chi connectivity index (χ4v) is 2.62. The Labute approximate surface area is 167 Å². The second-order valence-corrected chi connectivity index (χ2v) is 6.69. The van der Waals surface area contributed by atoms with Crippen molar-refractivity contribution in [2.75, 3.05) is 10.6 Å². The Morgan fingerprint density at radius 3 is 2.52 bits per heavy atom. The number of halogens is 2. The molecule has 3 rings (SSSR count). The van der Waals surface area contributed by atoms with Crippen LogP contribution in [0.15, 0.2) is 24.3 Å². The molecule has 0 fully saturated rings. The van der Waals surface area contributed by atoms with Crippen molar-refractivity contribution >= 4 is 17.7 Å². The largest absolute Gasteiger partial charge is 0.475 e. The molecule has 1 aromatic carbocycles. The predicted octanol–water partition coefficient (Wildman–Crippen LogP) is 4.14. The maximum absolute atomic E-state index is 14.0. The summed E-state index contributed by atoms with van der Waals surface area (Å²) in [6.07, 6.45) is 0.587. The molecule has 1 unspecified atom stereocenters. The van der Waals surface area contributed by atoms with Gasteiger partial charge in [0.05, 0.1) is 12.1 Å². The first kappa shape index (κ1) is 20.4. The molecule has 0 bridgehead atoms. The van der Waals surface area contributed by atoms with Crippen LogP contribution < -0.4 is 15.4 Å². The average molecular weight is 403 g/mol. The standard InChI is InChI=1S/C19H23F2N7O/c1-5-15-23-18(22-11(4)13-7-6-12(20)8-14(13)21)26-19(24-15)25-16-9-17(28-27-16)29-10(2)3/h6-11H,5H2,1-4H3,(H3,22,23,24,25,26,27,28). The molecule has 2 heterocycles. The van der Waals surface area contributed by atoms with Gasteiger partial charge in [0.15, 0.2) is 5.82 Å². The molecule has 3 N–H and O–H groups in total. The number of anilines is 3. The molecule has 29 heavy (non-hydrogen) atoms. The molecule has 0 spiro atoms.